The standard InChI is InChI=1S/C29H40N2O5/c1-7-8-9-10-17-31-26-19-24(30-22(5)32)14-15-25(26)27(28(29(31)34)36-23(6)33)35-18-16-21(4)13-11-12-20(2)3/h12,14-16,19H,7-11,13,17-18H2,1-6H3,(H,30,32). The fourth-order valence-corrected chi connectivity index (χ4v) is 3.93. The maximum absolute atomic E-state index is 13.5. The molecular weight excluding hydrogens is 456 g/mol. The Morgan fingerprint density at radius 1 is 1.00 bits per heavy atom. The van der Waals surface area contributed by atoms with Crippen molar-refractivity contribution in [2.24, 2.45) is 0 Å². The van der Waals surface area contributed by atoms with Crippen molar-refractivity contribution in [2.45, 2.75) is 86.6 Å². The Bertz CT molecular complexity index is 1190. The van der Waals surface area contributed by atoms with Gasteiger partial charge in [0.1, 0.15) is 6.61 Å². The van der Waals surface area contributed by atoms with Crippen LogP contribution < -0.4 is 20.3 Å². The number of carbonyl (C=O) groups is 2. The van der Waals surface area contributed by atoms with Crippen molar-refractivity contribution in [1.29, 1.82) is 0 Å². The molecule has 0 atom stereocenters. The number of anilines is 1. The summed E-state index contributed by atoms with van der Waals surface area (Å²) in [7, 11) is 0. The number of fused-ring (bicyclic) bond motifs is 1. The highest BCUT2D eigenvalue weighted by molar-refractivity contribution is 5.95. The third kappa shape index (κ3) is 8.70. The molecule has 1 N–H and O–H groups in total. The Kier molecular flexibility index (Phi) is 11.4. The lowest BCUT2D eigenvalue weighted by Gasteiger charge is -2.18. The van der Waals surface area contributed by atoms with Crippen molar-refractivity contribution < 1.29 is 19.1 Å². The molecule has 7 heteroatoms. The molecule has 0 fully saturated rings. The van der Waals surface area contributed by atoms with Crippen LogP contribution in [0.4, 0.5) is 5.69 Å². The van der Waals surface area contributed by atoms with E-state index >= 15 is 0 Å². The highest BCUT2D eigenvalue weighted by Crippen LogP contribution is 2.35. The van der Waals surface area contributed by atoms with Crippen molar-refractivity contribution in [3.05, 3.63) is 51.9 Å². The average Bonchev–Trinajstić information content (AvgIpc) is 2.79. The number of benzene rings is 1. The topological polar surface area (TPSA) is 86.6 Å². The normalized spacial score (nSPS) is 11.3. The highest BCUT2D eigenvalue weighted by atomic mass is 16.6. The van der Waals surface area contributed by atoms with E-state index in [1.165, 1.54) is 25.0 Å². The lowest BCUT2D eigenvalue weighted by Crippen LogP contribution is -2.25. The number of hydrogen-bond donors (Lipinski definition) is 1. The molecule has 7 nitrogen and oxygen atoms in total. The summed E-state index contributed by atoms with van der Waals surface area (Å²) in [4.78, 5) is 37.1. The number of allylic oxidation sites excluding steroid dienone is 3. The Hall–Kier alpha value is -3.35. The number of pyridine rings is 1. The molecule has 0 bridgehead atoms. The summed E-state index contributed by atoms with van der Waals surface area (Å²) < 4.78 is 13.1. The van der Waals surface area contributed by atoms with Crippen molar-refractivity contribution in [1.82, 2.24) is 4.57 Å². The van der Waals surface area contributed by atoms with Crippen LogP contribution in [0, 0.1) is 0 Å². The molecule has 36 heavy (non-hydrogen) atoms. The van der Waals surface area contributed by atoms with Gasteiger partial charge in [0.05, 0.1) is 5.52 Å². The van der Waals surface area contributed by atoms with Crippen molar-refractivity contribution in [2.75, 3.05) is 11.9 Å². The molecule has 0 aliphatic carbocycles. The largest absolute Gasteiger partial charge is 0.485 e. The molecule has 0 unspecified atom stereocenters. The number of aryl methyl sites for hydroxylation is 1. The van der Waals surface area contributed by atoms with E-state index in [0.29, 0.717) is 23.1 Å². The maximum atomic E-state index is 13.5. The van der Waals surface area contributed by atoms with Crippen LogP contribution in [-0.2, 0) is 16.1 Å². The van der Waals surface area contributed by atoms with Crippen molar-refractivity contribution >= 4 is 28.5 Å². The minimum absolute atomic E-state index is 0.103. The third-order valence-corrected chi connectivity index (χ3v) is 5.73. The number of aromatic nitrogens is 1. The van der Waals surface area contributed by atoms with Crippen LogP contribution in [0.2, 0.25) is 0 Å². The van der Waals surface area contributed by atoms with Crippen LogP contribution in [0.1, 0.15) is 80.1 Å². The van der Waals surface area contributed by atoms with E-state index in [1.807, 2.05) is 13.0 Å². The lowest BCUT2D eigenvalue weighted by atomic mass is 10.1. The number of unbranched alkanes of at least 4 members (excludes halogenated alkanes) is 3. The third-order valence-electron chi connectivity index (χ3n) is 5.73. The van der Waals surface area contributed by atoms with Gasteiger partial charge in [-0.2, -0.15) is 0 Å². The van der Waals surface area contributed by atoms with E-state index in [4.69, 9.17) is 9.47 Å². The van der Waals surface area contributed by atoms with Gasteiger partial charge in [-0.05, 0) is 64.3 Å². The summed E-state index contributed by atoms with van der Waals surface area (Å²) in [5.41, 5.74) is 3.23. The number of esters is 1. The Balaban J connectivity index is 2.53. The molecule has 2 aromatic rings. The molecule has 0 aliphatic rings. The predicted molar refractivity (Wildman–Crippen MR) is 146 cm³/mol. The number of nitrogens with zero attached hydrogens (tertiary/aromatic N) is 1. The second-order valence-corrected chi connectivity index (χ2v) is 9.36. The van der Waals surface area contributed by atoms with Gasteiger partial charge in [0.15, 0.2) is 5.75 Å². The number of nitrogens with one attached hydrogen (secondary N) is 1. The van der Waals surface area contributed by atoms with Gasteiger partial charge in [-0.3, -0.25) is 14.4 Å². The Morgan fingerprint density at radius 3 is 2.39 bits per heavy atom. The monoisotopic (exact) mass is 496 g/mol. The molecule has 0 aliphatic heterocycles. The lowest BCUT2D eigenvalue weighted by molar-refractivity contribution is -0.132. The first kappa shape index (κ1) is 28.9. The zero-order valence-corrected chi connectivity index (χ0v) is 22.5. The van der Waals surface area contributed by atoms with Gasteiger partial charge in [0.2, 0.25) is 11.7 Å². The number of ether oxygens (including phenoxy) is 2. The molecule has 0 spiro atoms. The fraction of sp³-hybridized carbons (Fsp3) is 0.483. The zero-order valence-electron chi connectivity index (χ0n) is 22.5. The number of amides is 1. The van der Waals surface area contributed by atoms with Crippen LogP contribution in [-0.4, -0.2) is 23.1 Å². The van der Waals surface area contributed by atoms with E-state index < -0.39 is 11.5 Å². The summed E-state index contributed by atoms with van der Waals surface area (Å²) in [6.07, 6.45) is 9.96. The van der Waals surface area contributed by atoms with Crippen LogP contribution in [0.25, 0.3) is 10.9 Å². The maximum Gasteiger partial charge on any atom is 0.308 e. The van der Waals surface area contributed by atoms with Gasteiger partial charge in [-0.15, -0.1) is 0 Å². The molecule has 1 heterocycles. The predicted octanol–water partition coefficient (Wildman–Crippen LogP) is 6.54. The molecule has 0 saturated carbocycles. The molecule has 2 rings (SSSR count). The Labute approximate surface area is 214 Å². The number of rotatable bonds is 13. The molecule has 0 saturated heterocycles. The van der Waals surface area contributed by atoms with Gasteiger partial charge in [-0.25, -0.2) is 0 Å². The minimum Gasteiger partial charge on any atom is -0.485 e. The smallest absolute Gasteiger partial charge is 0.308 e. The van der Waals surface area contributed by atoms with Gasteiger partial charge in [0.25, 0.3) is 5.56 Å². The van der Waals surface area contributed by atoms with Crippen LogP contribution in [0.15, 0.2) is 46.3 Å². The van der Waals surface area contributed by atoms with E-state index in [0.717, 1.165) is 38.5 Å². The van der Waals surface area contributed by atoms with E-state index in [-0.39, 0.29) is 24.0 Å². The van der Waals surface area contributed by atoms with Crippen LogP contribution >= 0.6 is 0 Å². The molecule has 196 valence electrons. The molecular formula is C29H40N2O5. The van der Waals surface area contributed by atoms with Gasteiger partial charge in [0, 0.05) is 31.5 Å². The highest BCUT2D eigenvalue weighted by Gasteiger charge is 2.21. The first-order valence-electron chi connectivity index (χ1n) is 12.7. The summed E-state index contributed by atoms with van der Waals surface area (Å²) in [5, 5.41) is 3.42. The van der Waals surface area contributed by atoms with Gasteiger partial charge < -0.3 is 19.4 Å². The van der Waals surface area contributed by atoms with Crippen molar-refractivity contribution in [3.63, 3.8) is 0 Å². The average molecular weight is 497 g/mol. The SMILES string of the molecule is CCCCCCn1c(=O)c(OC(C)=O)c(OCC=C(C)CCC=C(C)C)c2ccc(NC(C)=O)cc21. The summed E-state index contributed by atoms with van der Waals surface area (Å²) in [6.45, 7) is 11.7. The first-order chi connectivity index (χ1) is 17.1. The van der Waals surface area contributed by atoms with Crippen molar-refractivity contribution in [3.8, 4) is 11.5 Å². The second-order valence-electron chi connectivity index (χ2n) is 9.36. The van der Waals surface area contributed by atoms with E-state index in [2.05, 4.69) is 32.2 Å². The summed E-state index contributed by atoms with van der Waals surface area (Å²) in [6, 6.07) is 5.31. The van der Waals surface area contributed by atoms with E-state index in [9.17, 15) is 14.4 Å². The first-order valence-corrected chi connectivity index (χ1v) is 12.7. The second kappa shape index (κ2) is 14.3. The van der Waals surface area contributed by atoms with Gasteiger partial charge in [-0.1, -0.05) is 43.4 Å². The molecule has 1 aromatic heterocycles. The summed E-state index contributed by atoms with van der Waals surface area (Å²) >= 11 is 0. The summed E-state index contributed by atoms with van der Waals surface area (Å²) in [5.74, 6) is -0.656. The molecule has 1 amide bonds. The fourth-order valence-electron chi connectivity index (χ4n) is 3.93. The molecule has 1 aromatic carbocycles. The molecule has 0 radical (unpaired) electrons. The number of carbonyl (C=O) groups excluding carboxylic acids is 2. The minimum atomic E-state index is -0.586. The number of hydrogen-bond acceptors (Lipinski definition) is 5. The van der Waals surface area contributed by atoms with E-state index in [1.54, 1.807) is 22.8 Å². The Morgan fingerprint density at radius 2 is 1.75 bits per heavy atom. The van der Waals surface area contributed by atoms with Crippen LogP contribution in [0.3, 0.4) is 0 Å². The van der Waals surface area contributed by atoms with Gasteiger partial charge >= 0.3 is 5.97 Å². The quantitative estimate of drug-likeness (QED) is 0.193. The zero-order chi connectivity index (χ0) is 26.7. The van der Waals surface area contributed by atoms with Crippen LogP contribution in [0.5, 0.6) is 11.5 Å².